The zero-order chi connectivity index (χ0) is 21.7. The number of benzene rings is 2. The normalized spacial score (nSPS) is 11.4. The maximum atomic E-state index is 12.2. The van der Waals surface area contributed by atoms with E-state index in [4.69, 9.17) is 5.84 Å². The van der Waals surface area contributed by atoms with Crippen molar-refractivity contribution in [2.24, 2.45) is 5.10 Å². The van der Waals surface area contributed by atoms with E-state index in [9.17, 15) is 4.79 Å². The monoisotopic (exact) mass is 487 g/mol. The van der Waals surface area contributed by atoms with E-state index in [-0.39, 0.29) is 17.6 Å². The fourth-order valence-corrected chi connectivity index (χ4v) is 3.41. The molecule has 0 atom stereocenters. The maximum Gasteiger partial charge on any atom is 0.264 e. The van der Waals surface area contributed by atoms with Crippen molar-refractivity contribution in [2.75, 3.05) is 22.3 Å². The lowest BCUT2D eigenvalue weighted by Gasteiger charge is -2.07. The molecule has 3 rings (SSSR count). The lowest BCUT2D eigenvalue weighted by atomic mass is 10.1. The van der Waals surface area contributed by atoms with Crippen molar-refractivity contribution in [3.63, 3.8) is 0 Å². The first-order valence-electron chi connectivity index (χ1n) is 9.10. The molecule has 0 spiro atoms. The Morgan fingerprint density at radius 3 is 2.60 bits per heavy atom. The molecule has 0 radical (unpaired) electrons. The third-order valence-corrected chi connectivity index (χ3v) is 5.84. The van der Waals surface area contributed by atoms with Gasteiger partial charge >= 0.3 is 0 Å². The predicted octanol–water partition coefficient (Wildman–Crippen LogP) is 3.94. The van der Waals surface area contributed by atoms with Gasteiger partial charge in [-0.3, -0.25) is 4.79 Å². The van der Waals surface area contributed by atoms with Crippen molar-refractivity contribution in [1.82, 2.24) is 14.9 Å². The summed E-state index contributed by atoms with van der Waals surface area (Å²) in [7, 11) is 0. The van der Waals surface area contributed by atoms with Crippen molar-refractivity contribution in [3.05, 3.63) is 63.6 Å². The molecule has 8 nitrogen and oxygen atoms in total. The van der Waals surface area contributed by atoms with Crippen molar-refractivity contribution >= 4 is 50.9 Å². The molecule has 0 fully saturated rings. The van der Waals surface area contributed by atoms with Crippen molar-refractivity contribution < 1.29 is 4.79 Å². The van der Waals surface area contributed by atoms with Crippen LogP contribution in [0.4, 0.5) is 11.6 Å². The number of thioether (sulfide) groups is 1. The van der Waals surface area contributed by atoms with Gasteiger partial charge in [0.25, 0.3) is 5.95 Å². The summed E-state index contributed by atoms with van der Waals surface area (Å²) in [6.07, 6.45) is 0. The highest BCUT2D eigenvalue weighted by molar-refractivity contribution is 9.10. The number of hydrazone groups is 1. The van der Waals surface area contributed by atoms with Crippen molar-refractivity contribution in [3.8, 4) is 0 Å². The molecule has 10 heteroatoms. The third kappa shape index (κ3) is 5.61. The Hall–Kier alpha value is -2.85. The molecular weight excluding hydrogens is 466 g/mol. The Labute approximate surface area is 187 Å². The van der Waals surface area contributed by atoms with Gasteiger partial charge in [0.2, 0.25) is 11.1 Å². The van der Waals surface area contributed by atoms with Crippen LogP contribution in [0.3, 0.4) is 0 Å². The molecule has 3 aromatic rings. The second-order valence-corrected chi connectivity index (χ2v) is 8.49. The highest BCUT2D eigenvalue weighted by Crippen LogP contribution is 2.19. The number of amides is 1. The minimum absolute atomic E-state index is 0.148. The number of halogens is 1. The van der Waals surface area contributed by atoms with Crippen LogP contribution < -0.4 is 16.6 Å². The summed E-state index contributed by atoms with van der Waals surface area (Å²) in [6, 6.07) is 13.6. The number of hydrogen-bond acceptors (Lipinski definition) is 7. The maximum absolute atomic E-state index is 12.2. The van der Waals surface area contributed by atoms with Crippen LogP contribution >= 0.6 is 27.7 Å². The van der Waals surface area contributed by atoms with Gasteiger partial charge in [0, 0.05) is 10.2 Å². The molecular formula is C20H22BrN7OS. The zero-order valence-electron chi connectivity index (χ0n) is 16.8. The first-order chi connectivity index (χ1) is 14.3. The van der Waals surface area contributed by atoms with E-state index in [0.29, 0.717) is 5.16 Å². The minimum Gasteiger partial charge on any atom is -0.334 e. The lowest BCUT2D eigenvalue weighted by Crippen LogP contribution is -2.17. The summed E-state index contributed by atoms with van der Waals surface area (Å²) in [6.45, 7) is 5.91. The molecule has 2 aromatic carbocycles. The van der Waals surface area contributed by atoms with Gasteiger partial charge in [-0.2, -0.15) is 5.10 Å². The summed E-state index contributed by atoms with van der Waals surface area (Å²) >= 11 is 4.60. The molecule has 1 heterocycles. The Morgan fingerprint density at radius 2 is 1.90 bits per heavy atom. The molecule has 4 N–H and O–H groups in total. The molecule has 0 aliphatic carbocycles. The highest BCUT2D eigenvalue weighted by Gasteiger charge is 2.12. The standard InChI is InChI=1S/C20H22BrN7OS/c1-12-4-9-17(10-13(12)2)23-18(29)11-30-20-27-26-19(28(20)22)25-24-14(3)15-5-7-16(21)8-6-15/h4-10H,11,22H2,1-3H3,(H,23,29)(H,25,26)/b24-14+. The van der Waals surface area contributed by atoms with Crippen LogP contribution in [0.1, 0.15) is 23.6 Å². The number of hydrogen-bond donors (Lipinski definition) is 3. The molecule has 0 aliphatic heterocycles. The summed E-state index contributed by atoms with van der Waals surface area (Å²) in [5.74, 6) is 6.31. The van der Waals surface area contributed by atoms with Gasteiger partial charge in [0.1, 0.15) is 0 Å². The topological polar surface area (TPSA) is 110 Å². The number of nitrogen functional groups attached to an aromatic ring is 1. The summed E-state index contributed by atoms with van der Waals surface area (Å²) in [5, 5.41) is 15.6. The van der Waals surface area contributed by atoms with Gasteiger partial charge < -0.3 is 11.2 Å². The lowest BCUT2D eigenvalue weighted by molar-refractivity contribution is -0.113. The SMILES string of the molecule is C/C(=N\Nc1nnc(SCC(=O)Nc2ccc(C)c(C)c2)n1N)c1ccc(Br)cc1. The van der Waals surface area contributed by atoms with E-state index >= 15 is 0 Å². The second kappa shape index (κ2) is 9.77. The van der Waals surface area contributed by atoms with Crippen molar-refractivity contribution in [1.29, 1.82) is 0 Å². The fraction of sp³-hybridized carbons (Fsp3) is 0.200. The fourth-order valence-electron chi connectivity index (χ4n) is 2.49. The number of carbonyl (C=O) groups is 1. The number of aryl methyl sites for hydroxylation is 2. The number of nitrogens with one attached hydrogen (secondary N) is 2. The molecule has 0 bridgehead atoms. The van der Waals surface area contributed by atoms with Crippen LogP contribution in [0.15, 0.2) is 57.2 Å². The molecule has 0 unspecified atom stereocenters. The minimum atomic E-state index is -0.148. The van der Waals surface area contributed by atoms with E-state index in [0.717, 1.165) is 27.0 Å². The number of anilines is 2. The van der Waals surface area contributed by atoms with E-state index in [1.807, 2.05) is 63.2 Å². The number of nitrogens with zero attached hydrogens (tertiary/aromatic N) is 4. The molecule has 0 saturated heterocycles. The first kappa shape index (κ1) is 21.8. The molecule has 30 heavy (non-hydrogen) atoms. The van der Waals surface area contributed by atoms with Gasteiger partial charge in [-0.1, -0.05) is 45.9 Å². The molecule has 1 amide bonds. The van der Waals surface area contributed by atoms with E-state index in [2.05, 4.69) is 42.0 Å². The van der Waals surface area contributed by atoms with Crippen LogP contribution in [0.25, 0.3) is 0 Å². The number of aromatic nitrogens is 3. The smallest absolute Gasteiger partial charge is 0.264 e. The molecule has 1 aromatic heterocycles. The molecule has 0 aliphatic rings. The average Bonchev–Trinajstić information content (AvgIpc) is 3.07. The third-order valence-electron chi connectivity index (χ3n) is 4.37. The van der Waals surface area contributed by atoms with E-state index in [1.54, 1.807) is 0 Å². The number of nitrogens with two attached hydrogens (primary N) is 1. The Kier molecular flexibility index (Phi) is 7.11. The van der Waals surface area contributed by atoms with Gasteiger partial charge in [-0.05, 0) is 61.7 Å². The molecule has 156 valence electrons. The van der Waals surface area contributed by atoms with Crippen LogP contribution in [-0.2, 0) is 4.79 Å². The Balaban J connectivity index is 1.57. The van der Waals surface area contributed by atoms with Gasteiger partial charge in [-0.25, -0.2) is 10.1 Å². The van der Waals surface area contributed by atoms with Crippen LogP contribution in [0, 0.1) is 13.8 Å². The van der Waals surface area contributed by atoms with Crippen LogP contribution in [0.2, 0.25) is 0 Å². The predicted molar refractivity (Wildman–Crippen MR) is 125 cm³/mol. The van der Waals surface area contributed by atoms with E-state index < -0.39 is 0 Å². The second-order valence-electron chi connectivity index (χ2n) is 6.63. The zero-order valence-corrected chi connectivity index (χ0v) is 19.2. The first-order valence-corrected chi connectivity index (χ1v) is 10.9. The summed E-state index contributed by atoms with van der Waals surface area (Å²) < 4.78 is 2.27. The number of rotatable bonds is 7. The molecule has 0 saturated carbocycles. The summed E-state index contributed by atoms with van der Waals surface area (Å²) in [4.78, 5) is 12.2. The van der Waals surface area contributed by atoms with Gasteiger partial charge in [-0.15, -0.1) is 10.2 Å². The Bertz CT molecular complexity index is 1080. The number of carbonyl (C=O) groups excluding carboxylic acids is 1. The summed E-state index contributed by atoms with van der Waals surface area (Å²) in [5.41, 5.74) is 7.61. The van der Waals surface area contributed by atoms with Gasteiger partial charge in [0.05, 0.1) is 11.5 Å². The quantitative estimate of drug-likeness (QED) is 0.201. The van der Waals surface area contributed by atoms with E-state index in [1.165, 1.54) is 22.0 Å². The van der Waals surface area contributed by atoms with Crippen molar-refractivity contribution in [2.45, 2.75) is 25.9 Å². The largest absolute Gasteiger partial charge is 0.334 e. The van der Waals surface area contributed by atoms with Crippen LogP contribution in [-0.4, -0.2) is 32.2 Å². The van der Waals surface area contributed by atoms with Gasteiger partial charge in [0.15, 0.2) is 0 Å². The average molecular weight is 488 g/mol. The Morgan fingerprint density at radius 1 is 1.17 bits per heavy atom. The highest BCUT2D eigenvalue weighted by atomic mass is 79.9. The van der Waals surface area contributed by atoms with Crippen LogP contribution in [0.5, 0.6) is 0 Å².